The van der Waals surface area contributed by atoms with Gasteiger partial charge in [-0.25, -0.2) is 13.4 Å². The maximum atomic E-state index is 14.4. The number of ether oxygens (including phenoxy) is 2. The lowest BCUT2D eigenvalue weighted by Gasteiger charge is -2.31. The minimum absolute atomic E-state index is 0.0191. The zero-order chi connectivity index (χ0) is 36.8. The number of likely N-dealkylation sites (tertiary alicyclic amines) is 1. The maximum absolute atomic E-state index is 14.4. The molecule has 1 aliphatic heterocycles. The lowest BCUT2D eigenvalue weighted by molar-refractivity contribution is -0.145. The lowest BCUT2D eigenvalue weighted by atomic mass is 9.83. The Bertz CT molecular complexity index is 1800. The summed E-state index contributed by atoms with van der Waals surface area (Å²) in [7, 11) is -2.10. The Hall–Kier alpha value is -3.51. The highest BCUT2D eigenvalue weighted by molar-refractivity contribution is 7.93. The van der Waals surface area contributed by atoms with Gasteiger partial charge in [-0.1, -0.05) is 52.3 Å². The van der Waals surface area contributed by atoms with Gasteiger partial charge in [0.15, 0.2) is 15.6 Å². The van der Waals surface area contributed by atoms with Crippen molar-refractivity contribution in [2.24, 2.45) is 23.2 Å². The molecule has 1 N–H and O–H groups in total. The van der Waals surface area contributed by atoms with Crippen molar-refractivity contribution in [3.05, 3.63) is 42.1 Å². The zero-order valence-electron chi connectivity index (χ0n) is 29.7. The zero-order valence-corrected chi connectivity index (χ0v) is 31.2. The monoisotopic (exact) mass is 729 g/mol. The molecule has 1 aromatic heterocycles. The highest BCUT2D eigenvalue weighted by atomic mass is 35.5. The molecule has 3 aliphatic rings. The number of ketones is 2. The van der Waals surface area contributed by atoms with Crippen LogP contribution in [0.2, 0.25) is 5.02 Å². The molecule has 5 atom stereocenters. The van der Waals surface area contributed by atoms with Gasteiger partial charge >= 0.3 is 0 Å². The maximum Gasteiger partial charge on any atom is 0.243 e. The van der Waals surface area contributed by atoms with E-state index in [1.165, 1.54) is 18.2 Å². The van der Waals surface area contributed by atoms with Gasteiger partial charge in [-0.3, -0.25) is 19.2 Å². The SMILES string of the molecule is C=C[C@@H]1C[C@]1(NC(=O)[C@@H]1C[C@@H](Oc2ncc(OC)c3ccc(Cl)cc23)CN1C(=O)[C@@H](CC(=O)CC(C)(C)C)C(C)C)C(=O)CS(=O)(=O)C1CC1. The van der Waals surface area contributed by atoms with Gasteiger partial charge in [-0.2, -0.15) is 0 Å². The van der Waals surface area contributed by atoms with Gasteiger partial charge in [-0.05, 0) is 48.8 Å². The topological polar surface area (TPSA) is 149 Å². The molecule has 0 unspecified atom stereocenters. The number of fused-ring (bicyclic) bond motifs is 1. The van der Waals surface area contributed by atoms with E-state index in [1.54, 1.807) is 24.3 Å². The predicted molar refractivity (Wildman–Crippen MR) is 191 cm³/mol. The molecule has 1 saturated heterocycles. The van der Waals surface area contributed by atoms with E-state index in [-0.39, 0.29) is 54.7 Å². The minimum Gasteiger partial charge on any atom is -0.494 e. The second-order valence-electron chi connectivity index (χ2n) is 15.6. The van der Waals surface area contributed by atoms with Crippen LogP contribution in [0.3, 0.4) is 0 Å². The van der Waals surface area contributed by atoms with Crippen LogP contribution < -0.4 is 14.8 Å². The normalized spacial score (nSPS) is 24.2. The number of aromatic nitrogens is 1. The first-order valence-corrected chi connectivity index (χ1v) is 19.3. The summed E-state index contributed by atoms with van der Waals surface area (Å²) < 4.78 is 37.4. The largest absolute Gasteiger partial charge is 0.494 e. The molecule has 50 heavy (non-hydrogen) atoms. The third-order valence-corrected chi connectivity index (χ3v) is 12.3. The van der Waals surface area contributed by atoms with Crippen molar-refractivity contribution in [3.63, 3.8) is 0 Å². The van der Waals surface area contributed by atoms with E-state index in [1.807, 2.05) is 34.6 Å². The number of nitrogens with one attached hydrogen (secondary N) is 1. The van der Waals surface area contributed by atoms with E-state index in [0.717, 1.165) is 0 Å². The van der Waals surface area contributed by atoms with Crippen LogP contribution in [0.15, 0.2) is 37.1 Å². The van der Waals surface area contributed by atoms with Crippen LogP contribution in [-0.2, 0) is 29.0 Å². The molecule has 11 nitrogen and oxygen atoms in total. The van der Waals surface area contributed by atoms with Crippen LogP contribution in [0.1, 0.15) is 73.1 Å². The molecule has 2 saturated carbocycles. The fourth-order valence-corrected chi connectivity index (χ4v) is 8.84. The highest BCUT2D eigenvalue weighted by Crippen LogP contribution is 2.46. The Kier molecular flexibility index (Phi) is 10.8. The number of sulfone groups is 1. The molecule has 2 heterocycles. The fraction of sp³-hybridized carbons (Fsp3) is 0.595. The molecule has 1 aromatic carbocycles. The quantitative estimate of drug-likeness (QED) is 0.247. The first-order chi connectivity index (χ1) is 23.4. The van der Waals surface area contributed by atoms with E-state index >= 15 is 0 Å². The van der Waals surface area contributed by atoms with E-state index in [4.69, 9.17) is 21.1 Å². The lowest BCUT2D eigenvalue weighted by Crippen LogP contribution is -2.55. The number of pyridine rings is 1. The first-order valence-electron chi connectivity index (χ1n) is 17.2. The Morgan fingerprint density at radius 2 is 1.88 bits per heavy atom. The van der Waals surface area contributed by atoms with Gasteiger partial charge in [0, 0.05) is 46.9 Å². The third-order valence-electron chi connectivity index (χ3n) is 9.93. The molecular formula is C37H48ClN3O8S. The second kappa shape index (κ2) is 14.3. The summed E-state index contributed by atoms with van der Waals surface area (Å²) in [6, 6.07) is 4.16. The van der Waals surface area contributed by atoms with Gasteiger partial charge in [0.05, 0.1) is 25.1 Å². The molecule has 5 rings (SSSR count). The van der Waals surface area contributed by atoms with Gasteiger partial charge in [0.25, 0.3) is 0 Å². The number of hydrogen-bond acceptors (Lipinski definition) is 9. The Labute approximate surface area is 299 Å². The summed E-state index contributed by atoms with van der Waals surface area (Å²) in [6.45, 7) is 13.4. The van der Waals surface area contributed by atoms with Crippen molar-refractivity contribution in [1.82, 2.24) is 15.2 Å². The Morgan fingerprint density at radius 1 is 1.18 bits per heavy atom. The number of rotatable bonds is 15. The number of hydrogen-bond donors (Lipinski definition) is 1. The Balaban J connectivity index is 1.44. The summed E-state index contributed by atoms with van der Waals surface area (Å²) in [5.74, 6) is -2.83. The molecular weight excluding hydrogens is 682 g/mol. The van der Waals surface area contributed by atoms with E-state index in [2.05, 4.69) is 16.9 Å². The number of carbonyl (C=O) groups is 4. The molecule has 2 aromatic rings. The van der Waals surface area contributed by atoms with Crippen molar-refractivity contribution < 1.29 is 37.1 Å². The Morgan fingerprint density at radius 3 is 2.46 bits per heavy atom. The molecule has 0 radical (unpaired) electrons. The molecule has 13 heteroatoms. The smallest absolute Gasteiger partial charge is 0.243 e. The van der Waals surface area contributed by atoms with Gasteiger partial charge in [-0.15, -0.1) is 6.58 Å². The van der Waals surface area contributed by atoms with Crippen molar-refractivity contribution in [2.75, 3.05) is 19.4 Å². The number of Topliss-reactive ketones (excluding diaryl/α,β-unsaturated/α-hetero) is 2. The summed E-state index contributed by atoms with van der Waals surface area (Å²) in [4.78, 5) is 61.2. The summed E-state index contributed by atoms with van der Waals surface area (Å²) in [6.07, 6.45) is 4.05. The number of amides is 2. The second-order valence-corrected chi connectivity index (χ2v) is 18.3. The first kappa shape index (κ1) is 37.7. The van der Waals surface area contributed by atoms with Crippen molar-refractivity contribution in [1.29, 1.82) is 0 Å². The third kappa shape index (κ3) is 8.17. The summed E-state index contributed by atoms with van der Waals surface area (Å²) in [5.41, 5.74) is -1.67. The van der Waals surface area contributed by atoms with Gasteiger partial charge in [0.1, 0.15) is 35.0 Å². The van der Waals surface area contributed by atoms with Crippen LogP contribution in [0.4, 0.5) is 0 Å². The molecule has 2 amide bonds. The standard InChI is InChI=1S/C37H48ClN3O8S/c1-8-22-16-37(22,32(43)20-50(46,47)26-10-11-26)40-33(44)30-15-25(49-34-29-13-23(38)9-12-27(29)31(48-7)18-39-34)19-41(30)35(45)28(21(2)3)14-24(42)17-36(4,5)6/h8-9,12-13,18,21-22,25-26,28,30H,1,10-11,14-17,19-20H2,2-7H3,(H,40,44)/t22-,25-,28+,30+,37-/m1/s1. The number of benzene rings is 1. The van der Waals surface area contributed by atoms with Crippen LogP contribution in [0.5, 0.6) is 11.6 Å². The summed E-state index contributed by atoms with van der Waals surface area (Å²) >= 11 is 6.33. The van der Waals surface area contributed by atoms with Crippen LogP contribution >= 0.6 is 11.6 Å². The van der Waals surface area contributed by atoms with E-state index in [0.29, 0.717) is 40.8 Å². The fourth-order valence-electron chi connectivity index (χ4n) is 6.95. The minimum atomic E-state index is -3.63. The summed E-state index contributed by atoms with van der Waals surface area (Å²) in [5, 5.41) is 4.10. The van der Waals surface area contributed by atoms with Crippen LogP contribution in [0.25, 0.3) is 10.8 Å². The molecule has 2 aliphatic carbocycles. The van der Waals surface area contributed by atoms with E-state index in [9.17, 15) is 27.6 Å². The highest BCUT2D eigenvalue weighted by Gasteiger charge is 2.61. The molecule has 272 valence electrons. The number of methoxy groups -OCH3 is 1. The number of nitrogens with zero attached hydrogens (tertiary/aromatic N) is 2. The van der Waals surface area contributed by atoms with Crippen molar-refractivity contribution in [2.45, 2.75) is 96.1 Å². The van der Waals surface area contributed by atoms with Gasteiger partial charge in [0.2, 0.25) is 17.7 Å². The van der Waals surface area contributed by atoms with Crippen LogP contribution in [-0.4, -0.2) is 84.0 Å². The molecule has 0 bridgehead atoms. The van der Waals surface area contributed by atoms with Crippen molar-refractivity contribution in [3.8, 4) is 11.6 Å². The predicted octanol–water partition coefficient (Wildman–Crippen LogP) is 5.12. The van der Waals surface area contributed by atoms with E-state index < -0.39 is 62.1 Å². The van der Waals surface area contributed by atoms with Crippen molar-refractivity contribution >= 4 is 55.6 Å². The van der Waals surface area contributed by atoms with Crippen LogP contribution in [0, 0.1) is 23.2 Å². The molecule has 3 fully saturated rings. The average molecular weight is 730 g/mol. The average Bonchev–Trinajstić information content (AvgIpc) is 3.95. The number of halogens is 1. The molecule has 0 spiro atoms. The van der Waals surface area contributed by atoms with Gasteiger partial charge < -0.3 is 19.7 Å². The number of carbonyl (C=O) groups excluding carboxylic acids is 4.